The average Bonchev–Trinajstić information content (AvgIpc) is 2.97. The minimum absolute atomic E-state index is 0.143. The predicted molar refractivity (Wildman–Crippen MR) is 73.4 cm³/mol. The molecule has 5 heteroatoms. The molecule has 5 nitrogen and oxygen atoms in total. The third-order valence-electron chi connectivity index (χ3n) is 4.21. The molecular formula is C14H23N3O2. The van der Waals surface area contributed by atoms with Crippen LogP contribution in [-0.2, 0) is 11.3 Å². The maximum absolute atomic E-state index is 12.3. The fourth-order valence-corrected chi connectivity index (χ4v) is 2.92. The number of hydrogen-bond acceptors (Lipinski definition) is 3. The Labute approximate surface area is 113 Å². The number of aromatic nitrogens is 2. The third kappa shape index (κ3) is 2.77. The standard InChI is InChI=1S/C14H23N3O2/c1-2-15-13(11-5-8-19-10-11)9-16-6-7-17(14(16)18)12-3-4-12/h6-7,11-13,15H,2-5,8-10H2,1H3. The number of nitrogens with one attached hydrogen (secondary N) is 1. The molecular weight excluding hydrogens is 242 g/mol. The summed E-state index contributed by atoms with van der Waals surface area (Å²) in [4.78, 5) is 12.3. The number of likely N-dealkylation sites (N-methyl/N-ethyl adjacent to an activating group) is 1. The lowest BCUT2D eigenvalue weighted by molar-refractivity contribution is 0.173. The summed E-state index contributed by atoms with van der Waals surface area (Å²) in [6, 6.07) is 0.793. The Morgan fingerprint density at radius 1 is 1.42 bits per heavy atom. The van der Waals surface area contributed by atoms with Gasteiger partial charge in [-0.05, 0) is 25.8 Å². The van der Waals surface area contributed by atoms with E-state index in [0.29, 0.717) is 18.0 Å². The van der Waals surface area contributed by atoms with Crippen molar-refractivity contribution in [2.45, 2.75) is 44.8 Å². The first-order chi connectivity index (χ1) is 9.29. The Kier molecular flexibility index (Phi) is 3.75. The Morgan fingerprint density at radius 3 is 2.89 bits per heavy atom. The summed E-state index contributed by atoms with van der Waals surface area (Å²) in [6.45, 7) is 5.46. The van der Waals surface area contributed by atoms with E-state index in [1.165, 1.54) is 0 Å². The highest BCUT2D eigenvalue weighted by molar-refractivity contribution is 4.92. The van der Waals surface area contributed by atoms with Gasteiger partial charge in [-0.3, -0.25) is 9.13 Å². The lowest BCUT2D eigenvalue weighted by atomic mass is 9.99. The van der Waals surface area contributed by atoms with E-state index >= 15 is 0 Å². The van der Waals surface area contributed by atoms with E-state index in [4.69, 9.17) is 4.74 Å². The molecule has 1 saturated carbocycles. The van der Waals surface area contributed by atoms with Crippen molar-refractivity contribution in [1.29, 1.82) is 0 Å². The molecule has 1 aromatic heterocycles. The van der Waals surface area contributed by atoms with Crippen LogP contribution >= 0.6 is 0 Å². The van der Waals surface area contributed by atoms with E-state index in [-0.39, 0.29) is 5.69 Å². The molecule has 3 rings (SSSR count). The maximum Gasteiger partial charge on any atom is 0.328 e. The van der Waals surface area contributed by atoms with Crippen LogP contribution in [0.3, 0.4) is 0 Å². The van der Waals surface area contributed by atoms with Crippen LogP contribution in [0, 0.1) is 5.92 Å². The molecule has 1 aromatic rings. The summed E-state index contributed by atoms with van der Waals surface area (Å²) in [5.41, 5.74) is 0.143. The van der Waals surface area contributed by atoms with Crippen molar-refractivity contribution >= 4 is 0 Å². The van der Waals surface area contributed by atoms with Crippen molar-refractivity contribution < 1.29 is 4.74 Å². The van der Waals surface area contributed by atoms with Gasteiger partial charge in [0, 0.05) is 43.5 Å². The summed E-state index contributed by atoms with van der Waals surface area (Å²) in [7, 11) is 0. The van der Waals surface area contributed by atoms with Crippen molar-refractivity contribution in [1.82, 2.24) is 14.5 Å². The molecule has 2 fully saturated rings. The molecule has 19 heavy (non-hydrogen) atoms. The van der Waals surface area contributed by atoms with E-state index < -0.39 is 0 Å². The summed E-state index contributed by atoms with van der Waals surface area (Å²) in [5, 5.41) is 3.51. The zero-order valence-corrected chi connectivity index (χ0v) is 11.5. The number of rotatable bonds is 6. The molecule has 2 unspecified atom stereocenters. The average molecular weight is 265 g/mol. The van der Waals surface area contributed by atoms with Crippen LogP contribution in [0.1, 0.15) is 32.2 Å². The largest absolute Gasteiger partial charge is 0.381 e. The Hall–Kier alpha value is -1.07. The lowest BCUT2D eigenvalue weighted by Gasteiger charge is -2.23. The second-order valence-electron chi connectivity index (χ2n) is 5.66. The summed E-state index contributed by atoms with van der Waals surface area (Å²) in [6.07, 6.45) is 7.26. The van der Waals surface area contributed by atoms with Crippen molar-refractivity contribution in [2.24, 2.45) is 5.92 Å². The highest BCUT2D eigenvalue weighted by Gasteiger charge is 2.28. The topological polar surface area (TPSA) is 48.2 Å². The Morgan fingerprint density at radius 2 is 2.26 bits per heavy atom. The zero-order chi connectivity index (χ0) is 13.2. The molecule has 1 aliphatic heterocycles. The quantitative estimate of drug-likeness (QED) is 0.835. The van der Waals surface area contributed by atoms with Crippen LogP contribution in [0.2, 0.25) is 0 Å². The maximum atomic E-state index is 12.3. The van der Waals surface area contributed by atoms with Crippen molar-refractivity contribution in [2.75, 3.05) is 19.8 Å². The van der Waals surface area contributed by atoms with Crippen molar-refractivity contribution in [3.05, 3.63) is 22.9 Å². The molecule has 0 aromatic carbocycles. The Bertz CT molecular complexity index is 469. The molecule has 1 saturated heterocycles. The minimum Gasteiger partial charge on any atom is -0.381 e. The molecule has 0 bridgehead atoms. The van der Waals surface area contributed by atoms with E-state index in [2.05, 4.69) is 12.2 Å². The van der Waals surface area contributed by atoms with Gasteiger partial charge in [0.15, 0.2) is 0 Å². The van der Waals surface area contributed by atoms with Gasteiger partial charge in [0.2, 0.25) is 0 Å². The molecule has 106 valence electrons. The molecule has 0 amide bonds. The smallest absolute Gasteiger partial charge is 0.328 e. The van der Waals surface area contributed by atoms with Crippen LogP contribution in [0.25, 0.3) is 0 Å². The summed E-state index contributed by atoms with van der Waals surface area (Å²) >= 11 is 0. The van der Waals surface area contributed by atoms with Gasteiger partial charge < -0.3 is 10.1 Å². The fourth-order valence-electron chi connectivity index (χ4n) is 2.92. The minimum atomic E-state index is 0.143. The van der Waals surface area contributed by atoms with Gasteiger partial charge >= 0.3 is 5.69 Å². The number of nitrogens with zero attached hydrogens (tertiary/aromatic N) is 2. The van der Waals surface area contributed by atoms with Gasteiger partial charge in [-0.25, -0.2) is 4.79 Å². The van der Waals surface area contributed by atoms with Gasteiger partial charge in [-0.15, -0.1) is 0 Å². The Balaban J connectivity index is 1.71. The van der Waals surface area contributed by atoms with Gasteiger partial charge in [0.05, 0.1) is 6.61 Å². The number of imidazole rings is 1. The van der Waals surface area contributed by atoms with Gasteiger partial charge in [0.25, 0.3) is 0 Å². The highest BCUT2D eigenvalue weighted by atomic mass is 16.5. The SMILES string of the molecule is CCNC(Cn1ccn(C2CC2)c1=O)C1CCOC1. The molecule has 2 heterocycles. The first-order valence-corrected chi connectivity index (χ1v) is 7.38. The van der Waals surface area contributed by atoms with Crippen molar-refractivity contribution in [3.8, 4) is 0 Å². The molecule has 2 aliphatic rings. The molecule has 1 aliphatic carbocycles. The highest BCUT2D eigenvalue weighted by Crippen LogP contribution is 2.33. The normalized spacial score (nSPS) is 24.8. The monoisotopic (exact) mass is 265 g/mol. The van der Waals surface area contributed by atoms with Crippen molar-refractivity contribution in [3.63, 3.8) is 0 Å². The predicted octanol–water partition coefficient (Wildman–Crippen LogP) is 0.999. The second kappa shape index (κ2) is 5.51. The van der Waals surface area contributed by atoms with E-state index in [1.807, 2.05) is 21.5 Å². The fraction of sp³-hybridized carbons (Fsp3) is 0.786. The lowest BCUT2D eigenvalue weighted by Crippen LogP contribution is -2.42. The van der Waals surface area contributed by atoms with Gasteiger partial charge in [-0.2, -0.15) is 0 Å². The molecule has 0 spiro atoms. The molecule has 0 radical (unpaired) electrons. The van der Waals surface area contributed by atoms with E-state index in [1.54, 1.807) is 0 Å². The third-order valence-corrected chi connectivity index (χ3v) is 4.21. The first-order valence-electron chi connectivity index (χ1n) is 7.38. The van der Waals surface area contributed by atoms with Crippen LogP contribution in [0.15, 0.2) is 17.2 Å². The summed E-state index contributed by atoms with van der Waals surface area (Å²) < 4.78 is 9.21. The van der Waals surface area contributed by atoms with E-state index in [0.717, 1.165) is 45.6 Å². The summed E-state index contributed by atoms with van der Waals surface area (Å²) in [5.74, 6) is 0.524. The van der Waals surface area contributed by atoms with Crippen LogP contribution in [0.5, 0.6) is 0 Å². The van der Waals surface area contributed by atoms with Crippen LogP contribution in [-0.4, -0.2) is 34.9 Å². The van der Waals surface area contributed by atoms with Gasteiger partial charge in [0.1, 0.15) is 0 Å². The first kappa shape index (κ1) is 12.9. The van der Waals surface area contributed by atoms with Crippen LogP contribution < -0.4 is 11.0 Å². The molecule has 1 N–H and O–H groups in total. The number of ether oxygens (including phenoxy) is 1. The zero-order valence-electron chi connectivity index (χ0n) is 11.5. The van der Waals surface area contributed by atoms with Crippen LogP contribution in [0.4, 0.5) is 0 Å². The molecule has 2 atom stereocenters. The van der Waals surface area contributed by atoms with Gasteiger partial charge in [-0.1, -0.05) is 6.92 Å². The second-order valence-corrected chi connectivity index (χ2v) is 5.66. The van der Waals surface area contributed by atoms with E-state index in [9.17, 15) is 4.79 Å². The number of hydrogen-bond donors (Lipinski definition) is 1.